The molecule has 3 aliphatic heterocycles. The van der Waals surface area contributed by atoms with Gasteiger partial charge in [0.15, 0.2) is 0 Å². The lowest BCUT2D eigenvalue weighted by Gasteiger charge is -2.39. The number of benzene rings is 6. The molecule has 3 aliphatic rings. The van der Waals surface area contributed by atoms with Crippen molar-refractivity contribution in [1.82, 2.24) is 75.5 Å². The molecule has 3 N–H and O–H groups in total. The molecular weight excluding hydrogens is 1770 g/mol. The van der Waals surface area contributed by atoms with Gasteiger partial charge in [0.2, 0.25) is 17.6 Å². The summed E-state index contributed by atoms with van der Waals surface area (Å²) in [7, 11) is -5.10. The molecule has 0 saturated carbocycles. The number of amides is 6. The average molecular weight is 1840 g/mol. The van der Waals surface area contributed by atoms with E-state index in [2.05, 4.69) is 60.8 Å². The highest BCUT2D eigenvalue weighted by Gasteiger charge is 2.44. The van der Waals surface area contributed by atoms with E-state index in [9.17, 15) is 33.3 Å². The number of piperidine rings is 3. The number of aromatic nitrogens is 9. The molecule has 6 atom stereocenters. The molecule has 6 amide bonds. The smallest absolute Gasteiger partial charge is 0.475 e. The fourth-order valence-electron chi connectivity index (χ4n) is 15.6. The van der Waals surface area contributed by atoms with Gasteiger partial charge in [-0.1, -0.05) is 126 Å². The van der Waals surface area contributed by atoms with Crippen LogP contribution in [0.1, 0.15) is 133 Å². The van der Waals surface area contributed by atoms with Gasteiger partial charge in [0.1, 0.15) is 36.4 Å². The van der Waals surface area contributed by atoms with Crippen molar-refractivity contribution >= 4 is 111 Å². The Balaban J connectivity index is 0.616. The maximum atomic E-state index is 15.1. The van der Waals surface area contributed by atoms with Crippen molar-refractivity contribution in [2.75, 3.05) is 78.9 Å². The standard InChI is InChI=1S/C87H72Cl3F9N15O13P/c88-64-34-52(37-70-76(64)103-22-19-100-70)82(118)112-25-16-67(58(46-112)49-10-4-1-5-11-49)109-79(115)55-43-106-73(40-61(55)85(91,92)93)122-28-31-125-128(121,126-32-29-123-74-41-62(86(94,95)96)56(44-107-74)80(116)110-68-17-26-113(47-59(68)50-12-6-2-7-13-50)83(119)53-35-65(89)77-71(38-53)101-20-23-104-77)127-33-30-124-75-42-63(87(97,98)99)57(45-108-75)81(117)111-69-18-27-114(48-60(69)51-14-8-3-9-15-51)84(120)54-36-66(90)78-72(39-54)102-21-24-105-78/h1-15,19-24,34-45,58-60,67-69H,16-18,25-33,46-48H2,(H,109,115)(H,110,116)(H,111,117)/t58-,59-,60-,67-,68-,69-/m1/s1. The molecule has 3 saturated heterocycles. The van der Waals surface area contributed by atoms with Crippen LogP contribution < -0.4 is 30.2 Å². The molecule has 41 heteroatoms. The molecule has 15 rings (SSSR count). The van der Waals surface area contributed by atoms with Gasteiger partial charge in [-0.3, -0.25) is 72.2 Å². The van der Waals surface area contributed by atoms with Gasteiger partial charge < -0.3 is 44.9 Å². The monoisotopic (exact) mass is 1840 g/mol. The van der Waals surface area contributed by atoms with Crippen LogP contribution in [0.15, 0.2) is 201 Å². The van der Waals surface area contributed by atoms with Crippen LogP contribution in [0, 0.1) is 0 Å². The molecule has 0 spiro atoms. The highest BCUT2D eigenvalue weighted by atomic mass is 35.5. The summed E-state index contributed by atoms with van der Waals surface area (Å²) < 4.78 is 184. The maximum absolute atomic E-state index is 15.1. The predicted molar refractivity (Wildman–Crippen MR) is 446 cm³/mol. The van der Waals surface area contributed by atoms with Gasteiger partial charge in [-0.15, -0.1) is 0 Å². The summed E-state index contributed by atoms with van der Waals surface area (Å²) >= 11 is 19.5. The zero-order chi connectivity index (χ0) is 90.2. The predicted octanol–water partition coefficient (Wildman–Crippen LogP) is 15.7. The lowest BCUT2D eigenvalue weighted by molar-refractivity contribution is -0.138. The number of hydrogen-bond donors (Lipinski definition) is 3. The number of carbonyl (C=O) groups is 6. The number of ether oxygens (including phenoxy) is 3. The number of carbonyl (C=O) groups excluding carboxylic acids is 6. The second kappa shape index (κ2) is 38.9. The summed E-state index contributed by atoms with van der Waals surface area (Å²) in [5.41, 5.74) is -2.44. The zero-order valence-corrected chi connectivity index (χ0v) is 69.9. The van der Waals surface area contributed by atoms with Gasteiger partial charge in [0.25, 0.3) is 35.4 Å². The van der Waals surface area contributed by atoms with Gasteiger partial charge in [0.05, 0.1) is 84.8 Å². The molecule has 28 nitrogen and oxygen atoms in total. The normalized spacial score (nSPS) is 17.5. The Morgan fingerprint density at radius 1 is 0.367 bits per heavy atom. The second-order valence-electron chi connectivity index (χ2n) is 29.7. The van der Waals surface area contributed by atoms with E-state index >= 15 is 39.5 Å². The minimum atomic E-state index is -5.22. The average Bonchev–Trinajstić information content (AvgIpc) is 0.792. The molecule has 9 heterocycles. The highest BCUT2D eigenvalue weighted by Crippen LogP contribution is 2.50. The van der Waals surface area contributed by atoms with Crippen molar-refractivity contribution in [1.29, 1.82) is 0 Å². The third kappa shape index (κ3) is 21.1. The number of pyridine rings is 3. The second-order valence-corrected chi connectivity index (χ2v) is 32.6. The molecule has 0 unspecified atom stereocenters. The van der Waals surface area contributed by atoms with Crippen LogP contribution in [0.25, 0.3) is 33.1 Å². The SMILES string of the molecule is O=C(N[C@@H]1CCN(C(=O)c2cc(Cl)c3nccnc3c2)C[C@@H]1c1ccccc1)c1cnc(OCCOP(=O)(OCCOc2cc(C(F)(F)F)c(C(=O)N[C@@H]3CCN(C(=O)c4cc(Cl)c5nccnc5c4)C[C@@H]3c3ccccc3)cn2)OCCOc2cc(C(F)(F)F)c(C(=O)N[C@@H]3CCN(C(=O)c4cc(Cl)c5nccnc5c4)C[C@@H]3c3ccccc3)cn2)cc1C(F)(F)F. The third-order valence-corrected chi connectivity index (χ3v) is 24.1. The van der Waals surface area contributed by atoms with Gasteiger partial charge in [0, 0.05) is 166 Å². The first-order valence-corrected chi connectivity index (χ1v) is 42.3. The number of likely N-dealkylation sites (tertiary alicyclic amines) is 3. The minimum absolute atomic E-state index is 0.0153. The summed E-state index contributed by atoms with van der Waals surface area (Å²) in [6.07, 6.45) is -4.88. The summed E-state index contributed by atoms with van der Waals surface area (Å²) in [4.78, 5) is 126. The van der Waals surface area contributed by atoms with Crippen LogP contribution >= 0.6 is 42.6 Å². The fourth-order valence-corrected chi connectivity index (χ4v) is 17.5. The number of phosphoric ester groups is 1. The van der Waals surface area contributed by atoms with Crippen molar-refractivity contribution in [3.8, 4) is 17.6 Å². The van der Waals surface area contributed by atoms with Crippen LogP contribution in [0.3, 0.4) is 0 Å². The first-order valence-electron chi connectivity index (χ1n) is 39.7. The molecule has 12 aromatic rings. The topological polar surface area (TPSA) is 337 Å². The molecular formula is C87H72Cl3F9N15O13P. The van der Waals surface area contributed by atoms with E-state index in [1.54, 1.807) is 91.0 Å². The van der Waals surface area contributed by atoms with E-state index in [0.717, 1.165) is 0 Å². The summed E-state index contributed by atoms with van der Waals surface area (Å²) in [6, 6.07) is 33.8. The van der Waals surface area contributed by atoms with Crippen molar-refractivity contribution in [2.45, 2.75) is 73.7 Å². The first-order chi connectivity index (χ1) is 61.4. The Morgan fingerprint density at radius 2 is 0.633 bits per heavy atom. The number of nitrogens with one attached hydrogen (secondary N) is 3. The minimum Gasteiger partial charge on any atom is -0.475 e. The largest absolute Gasteiger partial charge is 0.475 e. The molecule has 6 aromatic carbocycles. The van der Waals surface area contributed by atoms with Gasteiger partial charge in [-0.2, -0.15) is 39.5 Å². The summed E-state index contributed by atoms with van der Waals surface area (Å²) in [5.74, 6) is -8.95. The fraction of sp³-hybridized carbons (Fsp3) is 0.276. The Kier molecular flexibility index (Phi) is 27.4. The van der Waals surface area contributed by atoms with Crippen LogP contribution in [-0.4, -0.2) is 192 Å². The number of alkyl halides is 9. The van der Waals surface area contributed by atoms with E-state index in [-0.39, 0.29) is 90.3 Å². The van der Waals surface area contributed by atoms with Crippen molar-refractivity contribution < 1.29 is 101 Å². The third-order valence-electron chi connectivity index (χ3n) is 21.7. The first kappa shape index (κ1) is 90.2. The van der Waals surface area contributed by atoms with Gasteiger partial charge >= 0.3 is 26.4 Å². The van der Waals surface area contributed by atoms with E-state index in [4.69, 9.17) is 62.6 Å². The molecule has 6 aromatic heterocycles. The number of fused-ring (bicyclic) bond motifs is 3. The Labute approximate surface area is 736 Å². The quantitative estimate of drug-likeness (QED) is 0.0244. The maximum Gasteiger partial charge on any atom is 0.475 e. The van der Waals surface area contributed by atoms with Crippen LogP contribution in [0.5, 0.6) is 17.6 Å². The Bertz CT molecular complexity index is 5630. The van der Waals surface area contributed by atoms with Crippen LogP contribution in [0.4, 0.5) is 39.5 Å². The number of hydrogen-bond acceptors (Lipinski definition) is 22. The zero-order valence-electron chi connectivity index (χ0n) is 66.8. The van der Waals surface area contributed by atoms with Crippen LogP contribution in [-0.2, 0) is 36.7 Å². The van der Waals surface area contributed by atoms with Crippen molar-refractivity contribution in [2.24, 2.45) is 0 Å². The van der Waals surface area contributed by atoms with E-state index in [0.29, 0.717) is 86.6 Å². The molecule has 0 aliphatic carbocycles. The lowest BCUT2D eigenvalue weighted by Crippen LogP contribution is -2.51. The molecule has 0 radical (unpaired) electrons. The van der Waals surface area contributed by atoms with Gasteiger partial charge in [-0.25, -0.2) is 19.5 Å². The van der Waals surface area contributed by atoms with E-state index in [1.807, 2.05) is 0 Å². The Hall–Kier alpha value is -12.6. The highest BCUT2D eigenvalue weighted by molar-refractivity contribution is 7.48. The number of halogens is 12. The summed E-state index contributed by atoms with van der Waals surface area (Å²) in [5, 5.41) is 8.69. The lowest BCUT2D eigenvalue weighted by atomic mass is 9.85. The Morgan fingerprint density at radius 3 is 0.898 bits per heavy atom. The molecule has 0 bridgehead atoms. The van der Waals surface area contributed by atoms with Crippen molar-refractivity contribution in [3.63, 3.8) is 0 Å². The summed E-state index contributed by atoms with van der Waals surface area (Å²) in [6.45, 7) is -4.81. The molecule has 662 valence electrons. The number of nitrogens with zero attached hydrogens (tertiary/aromatic N) is 12. The number of phosphoric acid groups is 1. The van der Waals surface area contributed by atoms with E-state index < -0.39 is 188 Å². The molecule has 128 heavy (non-hydrogen) atoms. The van der Waals surface area contributed by atoms with Crippen LogP contribution in [0.2, 0.25) is 15.1 Å². The van der Waals surface area contributed by atoms with Gasteiger partial charge in [-0.05, 0) is 72.4 Å². The van der Waals surface area contributed by atoms with Crippen molar-refractivity contribution in [3.05, 3.63) is 283 Å². The molecule has 3 fully saturated rings. The number of rotatable bonds is 27. The van der Waals surface area contributed by atoms with E-state index in [1.165, 1.54) is 88.3 Å².